The van der Waals surface area contributed by atoms with Crippen LogP contribution >= 0.6 is 0 Å². The second-order valence-corrected chi connectivity index (χ2v) is 8.09. The van der Waals surface area contributed by atoms with Gasteiger partial charge in [0.1, 0.15) is 11.3 Å². The van der Waals surface area contributed by atoms with Gasteiger partial charge in [-0.05, 0) is 44.8 Å². The fourth-order valence-corrected chi connectivity index (χ4v) is 3.96. The van der Waals surface area contributed by atoms with Gasteiger partial charge in [-0.25, -0.2) is 9.97 Å². The molecule has 0 fully saturated rings. The van der Waals surface area contributed by atoms with Crippen LogP contribution in [0.2, 0.25) is 0 Å². The fourth-order valence-electron chi connectivity index (χ4n) is 3.96. The summed E-state index contributed by atoms with van der Waals surface area (Å²) in [5.74, 6) is 1.68. The van der Waals surface area contributed by atoms with Crippen LogP contribution in [-0.2, 0) is 13.0 Å². The average Bonchev–Trinajstić information content (AvgIpc) is 3.13. The van der Waals surface area contributed by atoms with Crippen LogP contribution < -0.4 is 16.4 Å². The van der Waals surface area contributed by atoms with E-state index < -0.39 is 0 Å². The number of nitrogens with one attached hydrogen (secondary N) is 2. The van der Waals surface area contributed by atoms with E-state index in [0.29, 0.717) is 5.82 Å². The molecule has 0 aliphatic heterocycles. The molecule has 3 aromatic rings. The number of aromatic nitrogens is 3. The van der Waals surface area contributed by atoms with Gasteiger partial charge in [-0.2, -0.15) is 0 Å². The van der Waals surface area contributed by atoms with Crippen molar-refractivity contribution in [3.63, 3.8) is 0 Å². The zero-order valence-electron chi connectivity index (χ0n) is 18.7. The number of nitrogen functional groups attached to an aromatic ring is 1. The van der Waals surface area contributed by atoms with Crippen LogP contribution in [0, 0.1) is 0 Å². The lowest BCUT2D eigenvalue weighted by molar-refractivity contribution is 0.523. The lowest BCUT2D eigenvalue weighted by Crippen LogP contribution is -2.30. The van der Waals surface area contributed by atoms with Crippen molar-refractivity contribution >= 4 is 27.8 Å². The Morgan fingerprint density at radius 2 is 1.63 bits per heavy atom. The molecule has 0 aliphatic rings. The van der Waals surface area contributed by atoms with Gasteiger partial charge in [-0.3, -0.25) is 0 Å². The first-order valence-electron chi connectivity index (χ1n) is 11.7. The normalized spacial score (nSPS) is 11.7. The number of hydrogen-bond acceptors (Lipinski definition) is 5. The summed E-state index contributed by atoms with van der Waals surface area (Å²) in [7, 11) is 0. The van der Waals surface area contributed by atoms with Crippen molar-refractivity contribution in [1.82, 2.24) is 25.2 Å². The Balaban J connectivity index is 1.65. The Morgan fingerprint density at radius 1 is 0.900 bits per heavy atom. The molecule has 3 rings (SSSR count). The molecule has 2 aromatic heterocycles. The first-order chi connectivity index (χ1) is 14.8. The van der Waals surface area contributed by atoms with E-state index in [4.69, 9.17) is 10.7 Å². The molecule has 164 valence electrons. The van der Waals surface area contributed by atoms with Crippen LogP contribution in [0.3, 0.4) is 0 Å². The summed E-state index contributed by atoms with van der Waals surface area (Å²) < 4.78 is 2.40. The standard InChI is InChI=1S/C24H38N6/c1-3-5-9-15-26-18-27-16-10-11-17-30-21(14-6-4-2)29-22-23(30)19-12-7-8-13-20(19)28-24(22)25/h7-8,12-13,26-27H,3-6,9-11,14-18H2,1-2H3,(H2,25,28). The van der Waals surface area contributed by atoms with Crippen LogP contribution in [0.15, 0.2) is 24.3 Å². The van der Waals surface area contributed by atoms with Gasteiger partial charge in [0.05, 0.1) is 11.0 Å². The monoisotopic (exact) mass is 410 g/mol. The second-order valence-electron chi connectivity index (χ2n) is 8.09. The molecule has 6 heteroatoms. The second kappa shape index (κ2) is 11.9. The summed E-state index contributed by atoms with van der Waals surface area (Å²) in [6.07, 6.45) is 9.38. The van der Waals surface area contributed by atoms with Gasteiger partial charge in [-0.15, -0.1) is 0 Å². The molecule has 30 heavy (non-hydrogen) atoms. The zero-order valence-corrected chi connectivity index (χ0v) is 18.7. The molecule has 0 aliphatic carbocycles. The Morgan fingerprint density at radius 3 is 2.40 bits per heavy atom. The molecular weight excluding hydrogens is 372 g/mol. The molecule has 0 spiro atoms. The Hall–Kier alpha value is -2.18. The topological polar surface area (TPSA) is 80.8 Å². The van der Waals surface area contributed by atoms with Gasteiger partial charge in [0, 0.05) is 25.0 Å². The van der Waals surface area contributed by atoms with Crippen molar-refractivity contribution < 1.29 is 0 Å². The minimum absolute atomic E-state index is 0.538. The third kappa shape index (κ3) is 5.70. The predicted molar refractivity (Wildman–Crippen MR) is 128 cm³/mol. The molecule has 0 saturated heterocycles. The minimum atomic E-state index is 0.538. The largest absolute Gasteiger partial charge is 0.382 e. The van der Waals surface area contributed by atoms with Crippen molar-refractivity contribution in [3.8, 4) is 0 Å². The van der Waals surface area contributed by atoms with E-state index in [-0.39, 0.29) is 0 Å². The van der Waals surface area contributed by atoms with E-state index in [2.05, 4.69) is 46.2 Å². The molecule has 4 N–H and O–H groups in total. The highest BCUT2D eigenvalue weighted by molar-refractivity contribution is 6.06. The molecule has 6 nitrogen and oxygen atoms in total. The maximum atomic E-state index is 6.28. The molecule has 0 bridgehead atoms. The van der Waals surface area contributed by atoms with Crippen LogP contribution in [-0.4, -0.2) is 34.3 Å². The van der Waals surface area contributed by atoms with Crippen molar-refractivity contribution in [1.29, 1.82) is 0 Å². The van der Waals surface area contributed by atoms with Gasteiger partial charge in [0.15, 0.2) is 5.82 Å². The van der Waals surface area contributed by atoms with Gasteiger partial charge in [-0.1, -0.05) is 51.3 Å². The molecule has 0 amide bonds. The summed E-state index contributed by atoms with van der Waals surface area (Å²) in [5.41, 5.74) is 9.23. The lowest BCUT2D eigenvalue weighted by atomic mass is 10.2. The summed E-state index contributed by atoms with van der Waals surface area (Å²) in [4.78, 5) is 9.49. The van der Waals surface area contributed by atoms with E-state index in [1.165, 1.54) is 19.3 Å². The third-order valence-corrected chi connectivity index (χ3v) is 5.64. The zero-order chi connectivity index (χ0) is 21.2. The molecule has 0 atom stereocenters. The number of para-hydroxylation sites is 1. The number of pyridine rings is 1. The molecule has 0 saturated carbocycles. The van der Waals surface area contributed by atoms with E-state index in [1.807, 2.05) is 12.1 Å². The Kier molecular flexibility index (Phi) is 8.90. The Bertz CT molecular complexity index is 917. The van der Waals surface area contributed by atoms with Gasteiger partial charge in [0.25, 0.3) is 0 Å². The highest BCUT2D eigenvalue weighted by Gasteiger charge is 2.16. The predicted octanol–water partition coefficient (Wildman–Crippen LogP) is 4.62. The minimum Gasteiger partial charge on any atom is -0.382 e. The number of nitrogens with zero attached hydrogens (tertiary/aromatic N) is 3. The number of nitrogens with two attached hydrogens (primary N) is 1. The number of unbranched alkanes of at least 4 members (excludes halogenated alkanes) is 4. The van der Waals surface area contributed by atoms with Crippen molar-refractivity contribution in [2.45, 2.75) is 71.8 Å². The summed E-state index contributed by atoms with van der Waals surface area (Å²) in [6.45, 7) is 8.46. The van der Waals surface area contributed by atoms with E-state index in [1.54, 1.807) is 0 Å². The van der Waals surface area contributed by atoms with Crippen LogP contribution in [0.1, 0.15) is 64.6 Å². The van der Waals surface area contributed by atoms with Gasteiger partial charge >= 0.3 is 0 Å². The number of benzene rings is 1. The number of imidazole rings is 1. The van der Waals surface area contributed by atoms with E-state index >= 15 is 0 Å². The number of hydrogen-bond donors (Lipinski definition) is 3. The molecule has 0 unspecified atom stereocenters. The summed E-state index contributed by atoms with van der Waals surface area (Å²) in [5, 5.41) is 8.11. The fraction of sp³-hybridized carbons (Fsp3) is 0.583. The molecule has 0 radical (unpaired) electrons. The van der Waals surface area contributed by atoms with Crippen LogP contribution in [0.25, 0.3) is 21.9 Å². The first-order valence-corrected chi connectivity index (χ1v) is 11.7. The van der Waals surface area contributed by atoms with Crippen molar-refractivity contribution in [3.05, 3.63) is 30.1 Å². The first kappa shape index (κ1) is 22.5. The quantitative estimate of drug-likeness (QED) is 0.267. The smallest absolute Gasteiger partial charge is 0.152 e. The van der Waals surface area contributed by atoms with E-state index in [9.17, 15) is 0 Å². The maximum Gasteiger partial charge on any atom is 0.152 e. The summed E-state index contributed by atoms with van der Waals surface area (Å²) >= 11 is 0. The van der Waals surface area contributed by atoms with Crippen molar-refractivity contribution in [2.75, 3.05) is 25.5 Å². The summed E-state index contributed by atoms with van der Waals surface area (Å²) in [6, 6.07) is 8.25. The molecule has 2 heterocycles. The average molecular weight is 411 g/mol. The van der Waals surface area contributed by atoms with Gasteiger partial charge < -0.3 is 20.9 Å². The lowest BCUT2D eigenvalue weighted by Gasteiger charge is -2.11. The number of rotatable bonds is 14. The number of fused-ring (bicyclic) bond motifs is 3. The van der Waals surface area contributed by atoms with Gasteiger partial charge in [0.2, 0.25) is 0 Å². The molecule has 1 aromatic carbocycles. The van der Waals surface area contributed by atoms with Crippen LogP contribution in [0.5, 0.6) is 0 Å². The van der Waals surface area contributed by atoms with E-state index in [0.717, 1.165) is 86.2 Å². The SMILES string of the molecule is CCCCCNCNCCCCn1c(CCCC)nc2c(N)nc3ccccc3c21. The number of anilines is 1. The highest BCUT2D eigenvalue weighted by Crippen LogP contribution is 2.29. The molecular formula is C24H38N6. The maximum absolute atomic E-state index is 6.28. The third-order valence-electron chi connectivity index (χ3n) is 5.64. The Labute approximate surface area is 180 Å². The van der Waals surface area contributed by atoms with Crippen molar-refractivity contribution in [2.24, 2.45) is 0 Å². The number of aryl methyl sites for hydroxylation is 2. The van der Waals surface area contributed by atoms with Crippen LogP contribution in [0.4, 0.5) is 5.82 Å². The highest BCUT2D eigenvalue weighted by atomic mass is 15.1.